The Morgan fingerprint density at radius 2 is 2.00 bits per heavy atom. The highest BCUT2D eigenvalue weighted by Gasteiger charge is 2.31. The number of quaternary nitrogens is 1. The van der Waals surface area contributed by atoms with Crippen LogP contribution in [0.4, 0.5) is 0 Å². The van der Waals surface area contributed by atoms with Gasteiger partial charge in [0.2, 0.25) is 5.82 Å². The molecule has 1 aromatic carbocycles. The summed E-state index contributed by atoms with van der Waals surface area (Å²) in [5.74, 6) is 0.938. The van der Waals surface area contributed by atoms with Gasteiger partial charge in [-0.05, 0) is 44.0 Å². The van der Waals surface area contributed by atoms with Crippen LogP contribution in [-0.4, -0.2) is 46.0 Å². The molecule has 0 amide bonds. The molecule has 2 atom stereocenters. The van der Waals surface area contributed by atoms with Crippen LogP contribution in [0.1, 0.15) is 49.7 Å². The van der Waals surface area contributed by atoms with Crippen molar-refractivity contribution in [3.05, 3.63) is 41.2 Å². The lowest BCUT2D eigenvalue weighted by molar-refractivity contribution is -0.923. The average molecular weight is 330 g/mol. The highest BCUT2D eigenvalue weighted by Crippen LogP contribution is 2.20. The molecular weight excluding hydrogens is 302 g/mol. The van der Waals surface area contributed by atoms with E-state index in [-0.39, 0.29) is 12.1 Å². The van der Waals surface area contributed by atoms with Crippen LogP contribution in [0.5, 0.6) is 0 Å². The molecule has 1 N–H and O–H groups in total. The molecule has 2 heterocycles. The molecule has 6 heteroatoms. The largest absolute Gasteiger partial charge is 0.376 e. The highest BCUT2D eigenvalue weighted by atomic mass is 16.5. The smallest absolute Gasteiger partial charge is 0.214 e. The third kappa shape index (κ3) is 3.65. The summed E-state index contributed by atoms with van der Waals surface area (Å²) >= 11 is 0. The number of nitrogens with one attached hydrogen (secondary N) is 1. The number of hydrogen-bond donors (Lipinski definition) is 1. The zero-order valence-electron chi connectivity index (χ0n) is 14.9. The SMILES string of the molecule is CC[NH+](CC)[C@@H](c1ccc(C)cc1)c1nnnn1C[C@H]1CCCO1. The van der Waals surface area contributed by atoms with Crippen molar-refractivity contribution >= 4 is 0 Å². The van der Waals surface area contributed by atoms with Crippen molar-refractivity contribution in [2.24, 2.45) is 0 Å². The molecule has 0 unspecified atom stereocenters. The van der Waals surface area contributed by atoms with Crippen molar-refractivity contribution in [2.75, 3.05) is 19.7 Å². The molecule has 0 bridgehead atoms. The third-order valence-corrected chi connectivity index (χ3v) is 4.95. The van der Waals surface area contributed by atoms with Crippen LogP contribution in [-0.2, 0) is 11.3 Å². The monoisotopic (exact) mass is 330 g/mol. The first kappa shape index (κ1) is 17.0. The molecule has 6 nitrogen and oxygen atoms in total. The molecule has 0 aliphatic carbocycles. The fourth-order valence-electron chi connectivity index (χ4n) is 3.51. The first-order valence-electron chi connectivity index (χ1n) is 9.01. The molecular formula is C18H28N5O+. The molecule has 3 rings (SSSR count). The van der Waals surface area contributed by atoms with Crippen molar-refractivity contribution in [2.45, 2.75) is 52.3 Å². The second-order valence-corrected chi connectivity index (χ2v) is 6.56. The summed E-state index contributed by atoms with van der Waals surface area (Å²) in [5.41, 5.74) is 2.54. The second-order valence-electron chi connectivity index (χ2n) is 6.56. The molecule has 0 radical (unpaired) electrons. The zero-order chi connectivity index (χ0) is 16.9. The standard InChI is InChI=1S/C18H27N5O/c1-4-22(5-2)17(15-10-8-14(3)9-11-15)18-19-20-21-23(18)13-16-7-6-12-24-16/h8-11,16-17H,4-7,12-13H2,1-3H3/p+1/t16-,17+/m1/s1. The van der Waals surface area contributed by atoms with E-state index in [9.17, 15) is 0 Å². The van der Waals surface area contributed by atoms with Crippen molar-refractivity contribution in [1.29, 1.82) is 0 Å². The van der Waals surface area contributed by atoms with Gasteiger partial charge in [0.1, 0.15) is 0 Å². The lowest BCUT2D eigenvalue weighted by Gasteiger charge is -2.26. The Morgan fingerprint density at radius 1 is 1.25 bits per heavy atom. The normalized spacial score (nSPS) is 19.1. The number of hydrogen-bond acceptors (Lipinski definition) is 4. The fraction of sp³-hybridized carbons (Fsp3) is 0.611. The number of tetrazole rings is 1. The van der Waals surface area contributed by atoms with E-state index in [1.807, 2.05) is 4.68 Å². The first-order chi connectivity index (χ1) is 11.7. The quantitative estimate of drug-likeness (QED) is 0.828. The minimum absolute atomic E-state index is 0.150. The van der Waals surface area contributed by atoms with E-state index in [1.54, 1.807) is 0 Å². The Morgan fingerprint density at radius 3 is 2.62 bits per heavy atom. The third-order valence-electron chi connectivity index (χ3n) is 4.95. The lowest BCUT2D eigenvalue weighted by Crippen LogP contribution is -3.12. The van der Waals surface area contributed by atoms with Crippen molar-refractivity contribution in [1.82, 2.24) is 20.2 Å². The number of aryl methyl sites for hydroxylation is 1. The van der Waals surface area contributed by atoms with E-state index in [0.717, 1.165) is 44.9 Å². The second kappa shape index (κ2) is 7.85. The molecule has 0 spiro atoms. The van der Waals surface area contributed by atoms with E-state index < -0.39 is 0 Å². The maximum atomic E-state index is 5.77. The minimum Gasteiger partial charge on any atom is -0.376 e. The van der Waals surface area contributed by atoms with Crippen LogP contribution in [0, 0.1) is 6.92 Å². The van der Waals surface area contributed by atoms with Gasteiger partial charge in [-0.3, -0.25) is 0 Å². The van der Waals surface area contributed by atoms with Gasteiger partial charge in [0.25, 0.3) is 0 Å². The molecule has 2 aromatic rings. The molecule has 1 fully saturated rings. The van der Waals surface area contributed by atoms with Crippen molar-refractivity contribution in [3.63, 3.8) is 0 Å². The maximum absolute atomic E-state index is 5.77. The van der Waals surface area contributed by atoms with Crippen LogP contribution in [0.25, 0.3) is 0 Å². The number of ether oxygens (including phenoxy) is 1. The van der Waals surface area contributed by atoms with Gasteiger partial charge in [0.15, 0.2) is 6.04 Å². The van der Waals surface area contributed by atoms with Gasteiger partial charge in [0, 0.05) is 12.2 Å². The fourth-order valence-corrected chi connectivity index (χ4v) is 3.51. The summed E-state index contributed by atoms with van der Waals surface area (Å²) < 4.78 is 7.72. The van der Waals surface area contributed by atoms with Gasteiger partial charge < -0.3 is 9.64 Å². The van der Waals surface area contributed by atoms with Gasteiger partial charge >= 0.3 is 0 Å². The summed E-state index contributed by atoms with van der Waals surface area (Å²) in [7, 11) is 0. The van der Waals surface area contributed by atoms with E-state index >= 15 is 0 Å². The van der Waals surface area contributed by atoms with Gasteiger partial charge in [-0.15, -0.1) is 5.10 Å². The summed E-state index contributed by atoms with van der Waals surface area (Å²) in [5, 5.41) is 12.6. The van der Waals surface area contributed by atoms with E-state index in [4.69, 9.17) is 4.74 Å². The maximum Gasteiger partial charge on any atom is 0.214 e. The predicted octanol–water partition coefficient (Wildman–Crippen LogP) is 1.17. The Hall–Kier alpha value is -1.79. The topological polar surface area (TPSA) is 57.3 Å². The predicted molar refractivity (Wildman–Crippen MR) is 91.9 cm³/mol. The molecule has 0 saturated carbocycles. The number of rotatable bonds is 7. The Kier molecular flexibility index (Phi) is 5.58. The van der Waals surface area contributed by atoms with Crippen LogP contribution < -0.4 is 4.90 Å². The van der Waals surface area contributed by atoms with Gasteiger partial charge in [0.05, 0.1) is 25.7 Å². The minimum atomic E-state index is 0.150. The average Bonchev–Trinajstić information content (AvgIpc) is 3.26. The number of benzene rings is 1. The van der Waals surface area contributed by atoms with Gasteiger partial charge in [-0.25, -0.2) is 4.68 Å². The Bertz CT molecular complexity index is 629. The summed E-state index contributed by atoms with van der Waals surface area (Å²) in [6.45, 7) is 10.2. The molecule has 130 valence electrons. The van der Waals surface area contributed by atoms with Crippen LogP contribution >= 0.6 is 0 Å². The van der Waals surface area contributed by atoms with Crippen molar-refractivity contribution in [3.8, 4) is 0 Å². The van der Waals surface area contributed by atoms with Gasteiger partial charge in [-0.2, -0.15) is 0 Å². The Balaban J connectivity index is 1.93. The number of nitrogens with zero attached hydrogens (tertiary/aromatic N) is 4. The highest BCUT2D eigenvalue weighted by molar-refractivity contribution is 5.26. The molecule has 1 aliphatic rings. The lowest BCUT2D eigenvalue weighted by atomic mass is 10.0. The first-order valence-corrected chi connectivity index (χ1v) is 9.01. The van der Waals surface area contributed by atoms with Crippen LogP contribution in [0.3, 0.4) is 0 Å². The molecule has 1 aliphatic heterocycles. The molecule has 1 saturated heterocycles. The summed E-state index contributed by atoms with van der Waals surface area (Å²) in [6.07, 6.45) is 2.45. The van der Waals surface area contributed by atoms with Crippen molar-refractivity contribution < 1.29 is 9.64 Å². The summed E-state index contributed by atoms with van der Waals surface area (Å²) in [4.78, 5) is 1.46. The van der Waals surface area contributed by atoms with Crippen LogP contribution in [0.2, 0.25) is 0 Å². The van der Waals surface area contributed by atoms with Gasteiger partial charge in [-0.1, -0.05) is 29.8 Å². The zero-order valence-corrected chi connectivity index (χ0v) is 14.9. The summed E-state index contributed by atoms with van der Waals surface area (Å²) in [6, 6.07) is 8.89. The van der Waals surface area contributed by atoms with E-state index in [2.05, 4.69) is 60.6 Å². The van der Waals surface area contributed by atoms with E-state index in [0.29, 0.717) is 0 Å². The van der Waals surface area contributed by atoms with E-state index in [1.165, 1.54) is 16.0 Å². The molecule has 24 heavy (non-hydrogen) atoms. The van der Waals surface area contributed by atoms with Crippen LogP contribution in [0.15, 0.2) is 24.3 Å². The number of aromatic nitrogens is 4. The Labute approximate surface area is 143 Å². The molecule has 1 aromatic heterocycles.